The molecule has 1 aliphatic rings. The molecule has 1 aromatic rings. The third-order valence-electron chi connectivity index (χ3n) is 3.28. The van der Waals surface area contributed by atoms with E-state index in [0.717, 1.165) is 30.4 Å². The molecular weight excluding hydrogens is 310 g/mol. The van der Waals surface area contributed by atoms with Crippen molar-refractivity contribution < 1.29 is 14.6 Å². The van der Waals surface area contributed by atoms with Crippen molar-refractivity contribution in [3.05, 3.63) is 28.2 Å². The number of likely N-dealkylation sites (tertiary alicyclic amines) is 1. The number of aliphatic hydroxyl groups excluding tert-OH is 1. The largest absolute Gasteiger partial charge is 0.479 e. The summed E-state index contributed by atoms with van der Waals surface area (Å²) in [6.07, 6.45) is 1.59. The van der Waals surface area contributed by atoms with Gasteiger partial charge in [0.2, 0.25) is 0 Å². The first-order valence-electron chi connectivity index (χ1n) is 6.47. The third kappa shape index (κ3) is 3.28. The maximum absolute atomic E-state index is 12.2. The van der Waals surface area contributed by atoms with Crippen LogP contribution in [0, 0.1) is 0 Å². The van der Waals surface area contributed by atoms with Gasteiger partial charge >= 0.3 is 0 Å². The molecule has 19 heavy (non-hydrogen) atoms. The summed E-state index contributed by atoms with van der Waals surface area (Å²) >= 11 is 3.39. The summed E-state index contributed by atoms with van der Waals surface area (Å²) < 4.78 is 6.49. The predicted octanol–water partition coefficient (Wildman–Crippen LogP) is 2.33. The van der Waals surface area contributed by atoms with Crippen LogP contribution in [-0.2, 0) is 11.4 Å². The van der Waals surface area contributed by atoms with Gasteiger partial charge in [0.15, 0.2) is 6.10 Å². The maximum atomic E-state index is 12.2. The summed E-state index contributed by atoms with van der Waals surface area (Å²) in [5.74, 6) is 0.558. The van der Waals surface area contributed by atoms with E-state index in [-0.39, 0.29) is 12.5 Å². The molecule has 1 saturated heterocycles. The monoisotopic (exact) mass is 327 g/mol. The lowest BCUT2D eigenvalue weighted by Gasteiger charge is -2.22. The molecule has 0 spiro atoms. The van der Waals surface area contributed by atoms with Gasteiger partial charge in [0.1, 0.15) is 5.75 Å². The Morgan fingerprint density at radius 1 is 1.47 bits per heavy atom. The molecule has 5 heteroatoms. The number of amides is 1. The number of para-hydroxylation sites is 1. The second kappa shape index (κ2) is 6.39. The minimum Gasteiger partial charge on any atom is -0.479 e. The van der Waals surface area contributed by atoms with Gasteiger partial charge in [0.25, 0.3) is 5.91 Å². The van der Waals surface area contributed by atoms with Crippen LogP contribution in [0.5, 0.6) is 5.75 Å². The van der Waals surface area contributed by atoms with Crippen molar-refractivity contribution in [3.8, 4) is 5.75 Å². The van der Waals surface area contributed by atoms with E-state index in [1.807, 2.05) is 17.0 Å². The summed E-state index contributed by atoms with van der Waals surface area (Å²) in [5, 5.41) is 9.31. The van der Waals surface area contributed by atoms with Crippen molar-refractivity contribution in [1.82, 2.24) is 4.90 Å². The van der Waals surface area contributed by atoms with Crippen molar-refractivity contribution >= 4 is 21.8 Å². The zero-order chi connectivity index (χ0) is 13.8. The number of benzene rings is 1. The summed E-state index contributed by atoms with van der Waals surface area (Å²) in [6.45, 7) is 3.27. The van der Waals surface area contributed by atoms with Crippen molar-refractivity contribution in [2.45, 2.75) is 32.5 Å². The van der Waals surface area contributed by atoms with Gasteiger partial charge in [-0.1, -0.05) is 12.1 Å². The minimum absolute atomic E-state index is 0.0112. The van der Waals surface area contributed by atoms with Crippen LogP contribution < -0.4 is 4.74 Å². The molecule has 0 saturated carbocycles. The van der Waals surface area contributed by atoms with E-state index < -0.39 is 6.10 Å². The number of hydrogen-bond acceptors (Lipinski definition) is 3. The molecule has 0 bridgehead atoms. The molecule has 1 amide bonds. The van der Waals surface area contributed by atoms with Crippen LogP contribution in [0.15, 0.2) is 22.7 Å². The number of rotatable bonds is 4. The number of aliphatic hydroxyl groups is 1. The number of carbonyl (C=O) groups excluding carboxylic acids is 1. The van der Waals surface area contributed by atoms with E-state index in [9.17, 15) is 9.90 Å². The highest BCUT2D eigenvalue weighted by molar-refractivity contribution is 9.10. The average Bonchev–Trinajstić information content (AvgIpc) is 2.94. The number of nitrogens with zero attached hydrogens (tertiary/aromatic N) is 1. The number of halogens is 1. The molecular formula is C14H18BrNO3. The maximum Gasteiger partial charge on any atom is 0.263 e. The molecule has 2 rings (SSSR count). The molecule has 0 radical (unpaired) electrons. The van der Waals surface area contributed by atoms with Gasteiger partial charge in [-0.15, -0.1) is 0 Å². The minimum atomic E-state index is -0.540. The summed E-state index contributed by atoms with van der Waals surface area (Å²) in [6, 6.07) is 5.45. The predicted molar refractivity (Wildman–Crippen MR) is 76.0 cm³/mol. The zero-order valence-corrected chi connectivity index (χ0v) is 12.5. The third-order valence-corrected chi connectivity index (χ3v) is 3.90. The Hall–Kier alpha value is -1.07. The van der Waals surface area contributed by atoms with Gasteiger partial charge in [-0.2, -0.15) is 0 Å². The van der Waals surface area contributed by atoms with Gasteiger partial charge < -0.3 is 14.7 Å². The first-order chi connectivity index (χ1) is 9.13. The molecule has 0 aromatic heterocycles. The molecule has 1 aliphatic heterocycles. The van der Waals surface area contributed by atoms with Crippen LogP contribution in [0.4, 0.5) is 0 Å². The Labute approximate surface area is 121 Å². The highest BCUT2D eigenvalue weighted by Crippen LogP contribution is 2.30. The fourth-order valence-corrected chi connectivity index (χ4v) is 2.73. The van der Waals surface area contributed by atoms with Crippen LogP contribution in [0.3, 0.4) is 0 Å². The van der Waals surface area contributed by atoms with Crippen LogP contribution in [0.2, 0.25) is 0 Å². The Morgan fingerprint density at radius 2 is 2.16 bits per heavy atom. The SMILES string of the molecule is CC(Oc1c(Br)cccc1CO)C(=O)N1CCCC1. The van der Waals surface area contributed by atoms with Gasteiger partial charge in [-0.25, -0.2) is 0 Å². The van der Waals surface area contributed by atoms with Gasteiger partial charge in [0.05, 0.1) is 11.1 Å². The van der Waals surface area contributed by atoms with E-state index in [2.05, 4.69) is 15.9 Å². The van der Waals surface area contributed by atoms with E-state index in [1.54, 1.807) is 13.0 Å². The fraction of sp³-hybridized carbons (Fsp3) is 0.500. The van der Waals surface area contributed by atoms with Crippen molar-refractivity contribution in [2.75, 3.05) is 13.1 Å². The number of ether oxygens (including phenoxy) is 1. The lowest BCUT2D eigenvalue weighted by Crippen LogP contribution is -2.38. The van der Waals surface area contributed by atoms with Crippen molar-refractivity contribution in [1.29, 1.82) is 0 Å². The van der Waals surface area contributed by atoms with E-state index >= 15 is 0 Å². The van der Waals surface area contributed by atoms with Crippen LogP contribution >= 0.6 is 15.9 Å². The van der Waals surface area contributed by atoms with Gasteiger partial charge in [-0.3, -0.25) is 4.79 Å². The summed E-state index contributed by atoms with van der Waals surface area (Å²) in [7, 11) is 0. The first kappa shape index (κ1) is 14.3. The normalized spacial score (nSPS) is 16.5. The number of carbonyl (C=O) groups is 1. The molecule has 104 valence electrons. The lowest BCUT2D eigenvalue weighted by atomic mass is 10.2. The van der Waals surface area contributed by atoms with E-state index in [0.29, 0.717) is 11.3 Å². The van der Waals surface area contributed by atoms with E-state index in [1.165, 1.54) is 0 Å². The topological polar surface area (TPSA) is 49.8 Å². The molecule has 1 heterocycles. The molecule has 1 fully saturated rings. The lowest BCUT2D eigenvalue weighted by molar-refractivity contribution is -0.136. The molecule has 1 unspecified atom stereocenters. The Kier molecular flexibility index (Phi) is 4.82. The Bertz CT molecular complexity index is 458. The smallest absolute Gasteiger partial charge is 0.263 e. The first-order valence-corrected chi connectivity index (χ1v) is 7.26. The molecule has 0 aliphatic carbocycles. The highest BCUT2D eigenvalue weighted by Gasteiger charge is 2.25. The fourth-order valence-electron chi connectivity index (χ4n) is 2.23. The van der Waals surface area contributed by atoms with Crippen molar-refractivity contribution in [3.63, 3.8) is 0 Å². The quantitative estimate of drug-likeness (QED) is 0.923. The van der Waals surface area contributed by atoms with Crippen LogP contribution in [0.1, 0.15) is 25.3 Å². The van der Waals surface area contributed by atoms with Gasteiger partial charge in [0, 0.05) is 18.7 Å². The molecule has 1 N–H and O–H groups in total. The number of hydrogen-bond donors (Lipinski definition) is 1. The molecule has 1 aromatic carbocycles. The Balaban J connectivity index is 2.09. The molecule has 4 nitrogen and oxygen atoms in total. The second-order valence-electron chi connectivity index (χ2n) is 4.68. The zero-order valence-electron chi connectivity index (χ0n) is 10.9. The van der Waals surface area contributed by atoms with E-state index in [4.69, 9.17) is 4.74 Å². The molecule has 1 atom stereocenters. The van der Waals surface area contributed by atoms with Crippen LogP contribution in [0.25, 0.3) is 0 Å². The summed E-state index contributed by atoms with van der Waals surface area (Å²) in [5.41, 5.74) is 0.676. The van der Waals surface area contributed by atoms with Crippen molar-refractivity contribution in [2.24, 2.45) is 0 Å². The average molecular weight is 328 g/mol. The highest BCUT2D eigenvalue weighted by atomic mass is 79.9. The Morgan fingerprint density at radius 3 is 2.79 bits per heavy atom. The van der Waals surface area contributed by atoms with Gasteiger partial charge in [-0.05, 0) is 41.8 Å². The van der Waals surface area contributed by atoms with Crippen LogP contribution in [-0.4, -0.2) is 35.1 Å². The second-order valence-corrected chi connectivity index (χ2v) is 5.53. The summed E-state index contributed by atoms with van der Waals surface area (Å²) in [4.78, 5) is 14.0. The standard InChI is InChI=1S/C14H18BrNO3/c1-10(14(18)16-7-2-3-8-16)19-13-11(9-17)5-4-6-12(13)15/h4-6,10,17H,2-3,7-9H2,1H3.